The Morgan fingerprint density at radius 2 is 2.12 bits per heavy atom. The van der Waals surface area contributed by atoms with Crippen molar-refractivity contribution in [3.05, 3.63) is 50.3 Å². The predicted octanol–water partition coefficient (Wildman–Crippen LogP) is 2.21. The number of nitrogens with one attached hydrogen (secondary N) is 1. The van der Waals surface area contributed by atoms with E-state index in [-0.39, 0.29) is 41.7 Å². The number of fused-ring (bicyclic) bond motifs is 1. The lowest BCUT2D eigenvalue weighted by Crippen LogP contribution is -2.30. The molecule has 1 unspecified atom stereocenters. The van der Waals surface area contributed by atoms with Crippen LogP contribution in [-0.4, -0.2) is 33.9 Å². The Hall–Kier alpha value is -3.14. The van der Waals surface area contributed by atoms with E-state index in [2.05, 4.69) is 10.2 Å². The summed E-state index contributed by atoms with van der Waals surface area (Å²) in [5.74, 6) is -0.482. The fourth-order valence-electron chi connectivity index (χ4n) is 4.71. The number of hydrogen-bond donors (Lipinski definition) is 2. The minimum Gasteiger partial charge on any atom is -0.483 e. The summed E-state index contributed by atoms with van der Waals surface area (Å²) >= 11 is 0. The summed E-state index contributed by atoms with van der Waals surface area (Å²) in [4.78, 5) is 26.2. The van der Waals surface area contributed by atoms with Crippen LogP contribution in [0.2, 0.25) is 0 Å². The van der Waals surface area contributed by atoms with Crippen LogP contribution in [0.25, 0.3) is 10.9 Å². The molecule has 2 fully saturated rings. The number of aromatic nitrogens is 3. The third kappa shape index (κ3) is 3.58. The molecule has 2 aromatic heterocycles. The third-order valence-corrected chi connectivity index (χ3v) is 6.49. The van der Waals surface area contributed by atoms with E-state index in [0.717, 1.165) is 25.8 Å². The van der Waals surface area contributed by atoms with Gasteiger partial charge in [-0.3, -0.25) is 4.79 Å². The average molecular weight is 443 g/mol. The van der Waals surface area contributed by atoms with Crippen LogP contribution >= 0.6 is 0 Å². The summed E-state index contributed by atoms with van der Waals surface area (Å²) in [6.07, 6.45) is 2.73. The number of aromatic amines is 1. The largest absolute Gasteiger partial charge is 0.483 e. The molecule has 0 bridgehead atoms. The molecule has 9 nitrogen and oxygen atoms in total. The van der Waals surface area contributed by atoms with E-state index in [4.69, 9.17) is 14.9 Å². The van der Waals surface area contributed by atoms with Gasteiger partial charge < -0.3 is 24.4 Å². The first-order chi connectivity index (χ1) is 15.3. The Balaban J connectivity index is 1.62. The fourth-order valence-corrected chi connectivity index (χ4v) is 4.71. The second-order valence-electron chi connectivity index (χ2n) is 8.83. The summed E-state index contributed by atoms with van der Waals surface area (Å²) in [5.41, 5.74) is 7.79. The summed E-state index contributed by atoms with van der Waals surface area (Å²) in [5, 5.41) is 6.38. The highest BCUT2D eigenvalue weighted by Crippen LogP contribution is 2.42. The molecule has 1 saturated heterocycles. The molecule has 0 amide bonds. The number of anilines is 1. The highest BCUT2D eigenvalue weighted by molar-refractivity contribution is 5.92. The van der Waals surface area contributed by atoms with E-state index in [1.807, 2.05) is 18.7 Å². The second-order valence-corrected chi connectivity index (χ2v) is 8.83. The van der Waals surface area contributed by atoms with Crippen molar-refractivity contribution in [3.63, 3.8) is 0 Å². The molecule has 3 N–H and O–H groups in total. The van der Waals surface area contributed by atoms with Gasteiger partial charge in [0.2, 0.25) is 0 Å². The maximum atomic E-state index is 15.5. The van der Waals surface area contributed by atoms with Crippen molar-refractivity contribution >= 4 is 16.6 Å². The number of nitrogens with zero attached hydrogens (tertiary/aromatic N) is 3. The SMILES string of the molecule is Cc1c(N2CCC([C@H](C)N)C2)c(F)cc2c(OCc3n[nH]c(=O)o3)cc(=O)n(C3CC3)c12. The minimum atomic E-state index is -0.695. The van der Waals surface area contributed by atoms with Gasteiger partial charge in [-0.2, -0.15) is 0 Å². The minimum absolute atomic E-state index is 0.0376. The fraction of sp³-hybridized carbons (Fsp3) is 0.500. The van der Waals surface area contributed by atoms with E-state index in [1.165, 1.54) is 12.1 Å². The molecule has 1 saturated carbocycles. The lowest BCUT2D eigenvalue weighted by molar-refractivity contribution is 0.261. The highest BCUT2D eigenvalue weighted by Gasteiger charge is 2.32. The number of aryl methyl sites for hydroxylation is 1. The van der Waals surface area contributed by atoms with Gasteiger partial charge in [-0.1, -0.05) is 0 Å². The van der Waals surface area contributed by atoms with Gasteiger partial charge in [0.25, 0.3) is 11.4 Å². The molecule has 5 rings (SSSR count). The number of benzene rings is 1. The standard InChI is InChI=1S/C22H26FN5O4/c1-11-20-15(7-16(23)21(11)27-6-5-13(9-27)12(2)24)17(8-19(29)28(20)14-3-4-14)31-10-18-25-26-22(30)32-18/h7-8,12-14H,3-6,9-10,24H2,1-2H3,(H,26,30)/t12-,13?/m0/s1. The first-order valence-electron chi connectivity index (χ1n) is 10.9. The Kier molecular flexibility index (Phi) is 5.04. The molecule has 2 aliphatic rings. The van der Waals surface area contributed by atoms with Gasteiger partial charge in [0.15, 0.2) is 6.61 Å². The zero-order valence-corrected chi connectivity index (χ0v) is 18.1. The number of rotatable bonds is 6. The Bertz CT molecular complexity index is 1290. The molecule has 170 valence electrons. The van der Waals surface area contributed by atoms with Crippen molar-refractivity contribution in [3.8, 4) is 5.75 Å². The van der Waals surface area contributed by atoms with Gasteiger partial charge in [-0.25, -0.2) is 14.3 Å². The zero-order chi connectivity index (χ0) is 22.6. The van der Waals surface area contributed by atoms with Gasteiger partial charge in [0.1, 0.15) is 11.6 Å². The van der Waals surface area contributed by atoms with Crippen LogP contribution in [0.15, 0.2) is 26.1 Å². The first kappa shape index (κ1) is 20.7. The molecule has 2 atom stereocenters. The molecule has 1 aliphatic heterocycles. The maximum Gasteiger partial charge on any atom is 0.434 e. The molecule has 0 spiro atoms. The summed E-state index contributed by atoms with van der Waals surface area (Å²) in [7, 11) is 0. The predicted molar refractivity (Wildman–Crippen MR) is 117 cm³/mol. The first-order valence-corrected chi connectivity index (χ1v) is 10.9. The molecular weight excluding hydrogens is 417 g/mol. The number of hydrogen-bond acceptors (Lipinski definition) is 7. The van der Waals surface area contributed by atoms with Crippen LogP contribution in [0, 0.1) is 18.7 Å². The van der Waals surface area contributed by atoms with Crippen molar-refractivity contribution in [2.75, 3.05) is 18.0 Å². The van der Waals surface area contributed by atoms with E-state index >= 15 is 4.39 Å². The number of pyridine rings is 1. The van der Waals surface area contributed by atoms with Crippen molar-refractivity contribution < 1.29 is 13.5 Å². The molecule has 3 heterocycles. The van der Waals surface area contributed by atoms with Crippen LogP contribution in [0.4, 0.5) is 10.1 Å². The Labute approximate surface area is 183 Å². The number of halogens is 1. The molecule has 1 aromatic carbocycles. The van der Waals surface area contributed by atoms with Crippen LogP contribution in [0.5, 0.6) is 5.75 Å². The van der Waals surface area contributed by atoms with Crippen molar-refractivity contribution in [1.29, 1.82) is 0 Å². The highest BCUT2D eigenvalue weighted by atomic mass is 19.1. The molecule has 10 heteroatoms. The topological polar surface area (TPSA) is 119 Å². The van der Waals surface area contributed by atoms with Crippen molar-refractivity contribution in [2.45, 2.75) is 51.8 Å². The molecule has 32 heavy (non-hydrogen) atoms. The number of H-pyrrole nitrogens is 1. The van der Waals surface area contributed by atoms with E-state index in [0.29, 0.717) is 34.6 Å². The third-order valence-electron chi connectivity index (χ3n) is 6.49. The van der Waals surface area contributed by atoms with Crippen molar-refractivity contribution in [2.24, 2.45) is 11.7 Å². The monoisotopic (exact) mass is 443 g/mol. The number of nitrogens with two attached hydrogens (primary N) is 1. The van der Waals surface area contributed by atoms with Gasteiger partial charge in [-0.15, -0.1) is 5.10 Å². The summed E-state index contributed by atoms with van der Waals surface area (Å²) in [6.45, 7) is 5.08. The van der Waals surface area contributed by atoms with Crippen LogP contribution < -0.4 is 26.7 Å². The van der Waals surface area contributed by atoms with Crippen LogP contribution in [0.3, 0.4) is 0 Å². The maximum absolute atomic E-state index is 15.5. The average Bonchev–Trinajstić information content (AvgIpc) is 3.29. The Morgan fingerprint density at radius 3 is 2.75 bits per heavy atom. The molecule has 3 aromatic rings. The molecular formula is C22H26FN5O4. The van der Waals surface area contributed by atoms with Gasteiger partial charge in [0, 0.05) is 36.6 Å². The summed E-state index contributed by atoms with van der Waals surface area (Å²) in [6, 6.07) is 2.95. The van der Waals surface area contributed by atoms with Gasteiger partial charge in [-0.05, 0) is 50.7 Å². The molecule has 0 radical (unpaired) electrons. The van der Waals surface area contributed by atoms with Crippen LogP contribution in [0.1, 0.15) is 43.7 Å². The van der Waals surface area contributed by atoms with Gasteiger partial charge >= 0.3 is 5.76 Å². The van der Waals surface area contributed by atoms with Crippen molar-refractivity contribution in [1.82, 2.24) is 14.8 Å². The normalized spacial score (nSPS) is 19.6. The zero-order valence-electron chi connectivity index (χ0n) is 18.1. The number of ether oxygens (including phenoxy) is 1. The quantitative estimate of drug-likeness (QED) is 0.599. The lowest BCUT2D eigenvalue weighted by Gasteiger charge is -2.25. The second kappa shape index (κ2) is 7.77. The van der Waals surface area contributed by atoms with Crippen LogP contribution in [-0.2, 0) is 6.61 Å². The Morgan fingerprint density at radius 1 is 1.34 bits per heavy atom. The van der Waals surface area contributed by atoms with Gasteiger partial charge in [0.05, 0.1) is 11.2 Å². The lowest BCUT2D eigenvalue weighted by atomic mass is 10.0. The van der Waals surface area contributed by atoms with E-state index in [1.54, 1.807) is 4.57 Å². The van der Waals surface area contributed by atoms with E-state index < -0.39 is 5.76 Å². The summed E-state index contributed by atoms with van der Waals surface area (Å²) < 4.78 is 27.8. The molecule has 1 aliphatic carbocycles. The smallest absolute Gasteiger partial charge is 0.434 e. The van der Waals surface area contributed by atoms with E-state index in [9.17, 15) is 9.59 Å².